The Labute approximate surface area is 84.2 Å². The van der Waals surface area contributed by atoms with Crippen molar-refractivity contribution in [1.29, 1.82) is 0 Å². The second-order valence-electron chi connectivity index (χ2n) is 2.55. The molecule has 1 aromatic carbocycles. The molecular formula is C8H5ClN2O3. The van der Waals surface area contributed by atoms with Gasteiger partial charge in [-0.3, -0.25) is 10.1 Å². The Bertz CT molecular complexity index is 411. The van der Waals surface area contributed by atoms with E-state index >= 15 is 0 Å². The SMILES string of the molecule is Cc1cc(N=C=O)c(Cl)cc1[N+](=O)[O-]. The second-order valence-corrected chi connectivity index (χ2v) is 2.96. The van der Waals surface area contributed by atoms with Crippen LogP contribution in [0.4, 0.5) is 11.4 Å². The van der Waals surface area contributed by atoms with Crippen LogP contribution in [-0.2, 0) is 4.79 Å². The van der Waals surface area contributed by atoms with Gasteiger partial charge in [0.05, 0.1) is 15.6 Å². The Hall–Kier alpha value is -1.71. The van der Waals surface area contributed by atoms with Crippen molar-refractivity contribution in [2.45, 2.75) is 6.92 Å². The first-order valence-corrected chi connectivity index (χ1v) is 3.96. The number of nitro groups is 1. The molecule has 0 aromatic heterocycles. The van der Waals surface area contributed by atoms with E-state index in [1.54, 1.807) is 0 Å². The van der Waals surface area contributed by atoms with Crippen LogP contribution in [0.1, 0.15) is 5.56 Å². The molecular weight excluding hydrogens is 208 g/mol. The molecule has 72 valence electrons. The van der Waals surface area contributed by atoms with Crippen LogP contribution in [0.25, 0.3) is 0 Å². The van der Waals surface area contributed by atoms with Crippen molar-refractivity contribution >= 4 is 29.1 Å². The zero-order chi connectivity index (χ0) is 10.7. The zero-order valence-corrected chi connectivity index (χ0v) is 7.91. The molecule has 0 N–H and O–H groups in total. The summed E-state index contributed by atoms with van der Waals surface area (Å²) in [5.74, 6) is 0. The summed E-state index contributed by atoms with van der Waals surface area (Å²) in [5, 5.41) is 10.5. The molecule has 0 aliphatic heterocycles. The summed E-state index contributed by atoms with van der Waals surface area (Å²) < 4.78 is 0. The van der Waals surface area contributed by atoms with Gasteiger partial charge in [0.2, 0.25) is 6.08 Å². The lowest BCUT2D eigenvalue weighted by atomic mass is 10.2. The summed E-state index contributed by atoms with van der Waals surface area (Å²) in [6.45, 7) is 1.54. The van der Waals surface area contributed by atoms with Crippen molar-refractivity contribution in [3.8, 4) is 0 Å². The molecule has 1 aromatic rings. The van der Waals surface area contributed by atoms with Crippen molar-refractivity contribution in [3.63, 3.8) is 0 Å². The van der Waals surface area contributed by atoms with E-state index in [0.29, 0.717) is 5.56 Å². The van der Waals surface area contributed by atoms with Crippen molar-refractivity contribution < 1.29 is 9.72 Å². The van der Waals surface area contributed by atoms with Gasteiger partial charge in [-0.1, -0.05) is 11.6 Å². The van der Waals surface area contributed by atoms with E-state index in [4.69, 9.17) is 11.6 Å². The smallest absolute Gasteiger partial charge is 0.258 e. The number of aryl methyl sites for hydroxylation is 1. The van der Waals surface area contributed by atoms with Gasteiger partial charge in [-0.25, -0.2) is 4.79 Å². The van der Waals surface area contributed by atoms with Crippen LogP contribution in [0.15, 0.2) is 17.1 Å². The summed E-state index contributed by atoms with van der Waals surface area (Å²) in [5.41, 5.74) is 0.484. The Kier molecular flexibility index (Phi) is 2.96. The molecule has 0 aliphatic carbocycles. The van der Waals surface area contributed by atoms with Crippen molar-refractivity contribution in [1.82, 2.24) is 0 Å². The first-order chi connectivity index (χ1) is 6.56. The Morgan fingerprint density at radius 1 is 1.57 bits per heavy atom. The zero-order valence-electron chi connectivity index (χ0n) is 7.15. The standard InChI is InChI=1S/C8H5ClN2O3/c1-5-2-7(10-4-12)6(9)3-8(5)11(13)14/h2-3H,1H3. The van der Waals surface area contributed by atoms with Gasteiger partial charge in [0, 0.05) is 11.6 Å². The number of hydrogen-bond acceptors (Lipinski definition) is 4. The highest BCUT2D eigenvalue weighted by Gasteiger charge is 2.13. The number of aliphatic imine (C=N–C) groups is 1. The molecule has 0 saturated carbocycles. The predicted molar refractivity (Wildman–Crippen MR) is 50.6 cm³/mol. The van der Waals surface area contributed by atoms with E-state index in [1.165, 1.54) is 19.1 Å². The third-order valence-corrected chi connectivity index (χ3v) is 1.93. The third kappa shape index (κ3) is 1.96. The normalized spacial score (nSPS) is 9.29. The number of halogens is 1. The summed E-state index contributed by atoms with van der Waals surface area (Å²) in [4.78, 5) is 23.2. The number of nitro benzene ring substituents is 1. The molecule has 14 heavy (non-hydrogen) atoms. The minimum atomic E-state index is -0.546. The number of rotatable bonds is 2. The molecule has 5 nitrogen and oxygen atoms in total. The van der Waals surface area contributed by atoms with E-state index in [0.717, 1.165) is 6.07 Å². The van der Waals surface area contributed by atoms with Crippen LogP contribution in [0.3, 0.4) is 0 Å². The van der Waals surface area contributed by atoms with E-state index < -0.39 is 4.92 Å². The highest BCUT2D eigenvalue weighted by Crippen LogP contribution is 2.31. The Morgan fingerprint density at radius 2 is 2.21 bits per heavy atom. The van der Waals surface area contributed by atoms with Gasteiger partial charge in [-0.2, -0.15) is 4.99 Å². The summed E-state index contributed by atoms with van der Waals surface area (Å²) in [6, 6.07) is 2.53. The lowest BCUT2D eigenvalue weighted by Gasteiger charge is -1.99. The van der Waals surface area contributed by atoms with E-state index in [2.05, 4.69) is 4.99 Å². The topological polar surface area (TPSA) is 72.6 Å². The lowest BCUT2D eigenvalue weighted by Crippen LogP contribution is -1.91. The summed E-state index contributed by atoms with van der Waals surface area (Å²) in [6.07, 6.45) is 1.32. The number of hydrogen-bond donors (Lipinski definition) is 0. The average molecular weight is 213 g/mol. The average Bonchev–Trinajstić information content (AvgIpc) is 2.10. The predicted octanol–water partition coefficient (Wildman–Crippen LogP) is 2.52. The third-order valence-electron chi connectivity index (χ3n) is 1.63. The van der Waals surface area contributed by atoms with Gasteiger partial charge in [0.15, 0.2) is 0 Å². The minimum absolute atomic E-state index is 0.0608. The van der Waals surface area contributed by atoms with Crippen LogP contribution >= 0.6 is 11.6 Å². The molecule has 0 heterocycles. The molecule has 0 aliphatic rings. The van der Waals surface area contributed by atoms with Crippen molar-refractivity contribution in [2.75, 3.05) is 0 Å². The number of benzene rings is 1. The molecule has 6 heteroatoms. The van der Waals surface area contributed by atoms with Crippen LogP contribution < -0.4 is 0 Å². The molecule has 1 rings (SSSR count). The molecule has 0 atom stereocenters. The Balaban J connectivity index is 3.37. The van der Waals surface area contributed by atoms with Crippen molar-refractivity contribution in [3.05, 3.63) is 32.8 Å². The maximum absolute atomic E-state index is 10.5. The maximum Gasteiger partial charge on any atom is 0.273 e. The molecule has 0 unspecified atom stereocenters. The molecule has 0 amide bonds. The molecule has 0 fully saturated rings. The van der Waals surface area contributed by atoms with Crippen LogP contribution in [0.5, 0.6) is 0 Å². The van der Waals surface area contributed by atoms with E-state index in [9.17, 15) is 14.9 Å². The number of nitrogens with zero attached hydrogens (tertiary/aromatic N) is 2. The first kappa shape index (κ1) is 10.4. The monoisotopic (exact) mass is 212 g/mol. The van der Waals surface area contributed by atoms with E-state index in [1.807, 2.05) is 0 Å². The lowest BCUT2D eigenvalue weighted by molar-refractivity contribution is -0.385. The molecule has 0 saturated heterocycles. The maximum atomic E-state index is 10.5. The quantitative estimate of drug-likeness (QED) is 0.327. The second kappa shape index (κ2) is 4.00. The van der Waals surface area contributed by atoms with Crippen LogP contribution in [0.2, 0.25) is 5.02 Å². The van der Waals surface area contributed by atoms with Crippen LogP contribution in [-0.4, -0.2) is 11.0 Å². The number of isocyanates is 1. The van der Waals surface area contributed by atoms with Gasteiger partial charge < -0.3 is 0 Å². The van der Waals surface area contributed by atoms with Gasteiger partial charge in [0.1, 0.15) is 0 Å². The Morgan fingerprint density at radius 3 is 2.71 bits per heavy atom. The fraction of sp³-hybridized carbons (Fsp3) is 0.125. The first-order valence-electron chi connectivity index (χ1n) is 3.58. The van der Waals surface area contributed by atoms with Gasteiger partial charge >= 0.3 is 0 Å². The largest absolute Gasteiger partial charge is 0.273 e. The molecule has 0 bridgehead atoms. The van der Waals surface area contributed by atoms with Crippen molar-refractivity contribution in [2.24, 2.45) is 4.99 Å². The highest BCUT2D eigenvalue weighted by molar-refractivity contribution is 6.33. The van der Waals surface area contributed by atoms with Crippen LogP contribution in [0, 0.1) is 17.0 Å². The number of carbonyl (C=O) groups excluding carboxylic acids is 1. The van der Waals surface area contributed by atoms with Gasteiger partial charge in [-0.15, -0.1) is 0 Å². The summed E-state index contributed by atoms with van der Waals surface area (Å²) >= 11 is 5.65. The highest BCUT2D eigenvalue weighted by atomic mass is 35.5. The molecule has 0 spiro atoms. The summed E-state index contributed by atoms with van der Waals surface area (Å²) in [7, 11) is 0. The van der Waals surface area contributed by atoms with Gasteiger partial charge in [0.25, 0.3) is 5.69 Å². The fourth-order valence-electron chi connectivity index (χ4n) is 0.987. The van der Waals surface area contributed by atoms with E-state index in [-0.39, 0.29) is 16.4 Å². The molecule has 0 radical (unpaired) electrons. The van der Waals surface area contributed by atoms with Gasteiger partial charge in [-0.05, 0) is 13.0 Å². The fourth-order valence-corrected chi connectivity index (χ4v) is 1.19. The minimum Gasteiger partial charge on any atom is -0.258 e.